The summed E-state index contributed by atoms with van der Waals surface area (Å²) in [5.74, 6) is 0.193. The molecule has 7 nitrogen and oxygen atoms in total. The summed E-state index contributed by atoms with van der Waals surface area (Å²) >= 11 is 0. The first-order valence-electron chi connectivity index (χ1n) is 9.71. The molecule has 9 heteroatoms. The average molecular weight is 432 g/mol. The lowest BCUT2D eigenvalue weighted by molar-refractivity contribution is 0.0303. The maximum atomic E-state index is 12.7. The van der Waals surface area contributed by atoms with E-state index < -0.39 is 10.0 Å². The molecule has 0 bridgehead atoms. The summed E-state index contributed by atoms with van der Waals surface area (Å²) in [5, 5.41) is 0. The summed E-state index contributed by atoms with van der Waals surface area (Å²) in [6.45, 7) is 2.46. The van der Waals surface area contributed by atoms with Crippen molar-refractivity contribution in [3.8, 4) is 0 Å². The minimum absolute atomic E-state index is 0. The van der Waals surface area contributed by atoms with Crippen LogP contribution in [0.1, 0.15) is 42.5 Å². The van der Waals surface area contributed by atoms with Crippen molar-refractivity contribution in [1.82, 2.24) is 9.62 Å². The molecule has 1 aliphatic carbocycles. The van der Waals surface area contributed by atoms with Crippen molar-refractivity contribution in [1.29, 1.82) is 0 Å². The molecular weight excluding hydrogens is 402 g/mol. The number of sulfonamides is 1. The van der Waals surface area contributed by atoms with Crippen molar-refractivity contribution in [3.05, 3.63) is 29.8 Å². The predicted molar refractivity (Wildman–Crippen MR) is 110 cm³/mol. The van der Waals surface area contributed by atoms with E-state index in [4.69, 9.17) is 10.5 Å². The number of nitrogens with zero attached hydrogens (tertiary/aromatic N) is 1. The Bertz CT molecular complexity index is 730. The van der Waals surface area contributed by atoms with Gasteiger partial charge in [0.2, 0.25) is 10.0 Å². The molecule has 0 aromatic heterocycles. The molecule has 0 radical (unpaired) electrons. The zero-order valence-corrected chi connectivity index (χ0v) is 17.6. The van der Waals surface area contributed by atoms with E-state index in [0.29, 0.717) is 37.8 Å². The zero-order valence-electron chi connectivity index (χ0n) is 16.0. The van der Waals surface area contributed by atoms with Crippen LogP contribution in [0.3, 0.4) is 0 Å². The van der Waals surface area contributed by atoms with E-state index in [1.54, 1.807) is 17.0 Å². The Morgan fingerprint density at radius 1 is 1.14 bits per heavy atom. The van der Waals surface area contributed by atoms with Gasteiger partial charge in [0.25, 0.3) is 5.91 Å². The van der Waals surface area contributed by atoms with E-state index >= 15 is 0 Å². The predicted octanol–water partition coefficient (Wildman–Crippen LogP) is 1.77. The Hall–Kier alpha value is -1.19. The molecule has 1 amide bonds. The fourth-order valence-electron chi connectivity index (χ4n) is 3.87. The van der Waals surface area contributed by atoms with Crippen LogP contribution in [0, 0.1) is 5.92 Å². The Morgan fingerprint density at radius 2 is 1.75 bits per heavy atom. The van der Waals surface area contributed by atoms with Gasteiger partial charge >= 0.3 is 0 Å². The van der Waals surface area contributed by atoms with E-state index in [1.165, 1.54) is 18.6 Å². The number of amides is 1. The van der Waals surface area contributed by atoms with Gasteiger partial charge < -0.3 is 15.4 Å². The molecular formula is C19H30ClN3O4S. The van der Waals surface area contributed by atoms with Gasteiger partial charge in [-0.3, -0.25) is 4.79 Å². The third kappa shape index (κ3) is 5.67. The second-order valence-electron chi connectivity index (χ2n) is 7.29. The number of hydrogen-bond donors (Lipinski definition) is 2. The highest BCUT2D eigenvalue weighted by molar-refractivity contribution is 7.89. The van der Waals surface area contributed by atoms with Gasteiger partial charge in [0.05, 0.1) is 18.1 Å². The monoisotopic (exact) mass is 431 g/mol. The summed E-state index contributed by atoms with van der Waals surface area (Å²) in [4.78, 5) is 14.4. The minimum atomic E-state index is -3.66. The van der Waals surface area contributed by atoms with E-state index in [2.05, 4.69) is 4.72 Å². The molecule has 28 heavy (non-hydrogen) atoms. The second kappa shape index (κ2) is 10.5. The average Bonchev–Trinajstić information content (AvgIpc) is 2.73. The van der Waals surface area contributed by atoms with Crippen LogP contribution >= 0.6 is 12.4 Å². The molecule has 1 aromatic rings. The summed E-state index contributed by atoms with van der Waals surface area (Å²) in [5.41, 5.74) is 6.33. The van der Waals surface area contributed by atoms with E-state index in [9.17, 15) is 13.2 Å². The Balaban J connectivity index is 0.00000280. The maximum absolute atomic E-state index is 12.7. The van der Waals surface area contributed by atoms with Gasteiger partial charge in [0, 0.05) is 31.2 Å². The SMILES string of the molecule is Cl.NCC(NS(=O)(=O)c1ccc(C(=O)N2CCOCC2)cc1)C1CCCCC1. The van der Waals surface area contributed by atoms with Crippen LogP contribution in [0.5, 0.6) is 0 Å². The number of rotatable bonds is 6. The molecule has 158 valence electrons. The van der Waals surface area contributed by atoms with Crippen molar-refractivity contribution >= 4 is 28.3 Å². The number of carbonyl (C=O) groups is 1. The van der Waals surface area contributed by atoms with Crippen LogP contribution < -0.4 is 10.5 Å². The number of halogens is 1. The number of ether oxygens (including phenoxy) is 1. The van der Waals surface area contributed by atoms with Crippen molar-refractivity contribution in [2.75, 3.05) is 32.8 Å². The van der Waals surface area contributed by atoms with Gasteiger partial charge in [-0.2, -0.15) is 0 Å². The third-order valence-electron chi connectivity index (χ3n) is 5.49. The molecule has 0 spiro atoms. The molecule has 1 heterocycles. The van der Waals surface area contributed by atoms with Crippen LogP contribution in [0.25, 0.3) is 0 Å². The van der Waals surface area contributed by atoms with Crippen molar-refractivity contribution in [2.45, 2.75) is 43.0 Å². The fourth-order valence-corrected chi connectivity index (χ4v) is 5.18. The second-order valence-corrected chi connectivity index (χ2v) is 9.00. The van der Waals surface area contributed by atoms with E-state index in [1.807, 2.05) is 0 Å². The highest BCUT2D eigenvalue weighted by Gasteiger charge is 2.27. The third-order valence-corrected chi connectivity index (χ3v) is 7.00. The normalized spacial score (nSPS) is 19.7. The highest BCUT2D eigenvalue weighted by atomic mass is 35.5. The summed E-state index contributed by atoms with van der Waals surface area (Å²) in [6, 6.07) is 5.88. The lowest BCUT2D eigenvalue weighted by atomic mass is 9.84. The first-order valence-corrected chi connectivity index (χ1v) is 11.2. The minimum Gasteiger partial charge on any atom is -0.378 e. The zero-order chi connectivity index (χ0) is 19.3. The number of morpholine rings is 1. The lowest BCUT2D eigenvalue weighted by Crippen LogP contribution is -2.45. The number of carbonyl (C=O) groups excluding carboxylic acids is 1. The van der Waals surface area contributed by atoms with Crippen molar-refractivity contribution < 1.29 is 17.9 Å². The van der Waals surface area contributed by atoms with Gasteiger partial charge in [-0.1, -0.05) is 19.3 Å². The van der Waals surface area contributed by atoms with Crippen LogP contribution in [0.15, 0.2) is 29.2 Å². The molecule has 2 fully saturated rings. The Labute approximate surface area is 173 Å². The lowest BCUT2D eigenvalue weighted by Gasteiger charge is -2.30. The molecule has 1 atom stereocenters. The summed E-state index contributed by atoms with van der Waals surface area (Å²) in [7, 11) is -3.66. The van der Waals surface area contributed by atoms with Crippen molar-refractivity contribution in [3.63, 3.8) is 0 Å². The molecule has 1 unspecified atom stereocenters. The molecule has 1 aromatic carbocycles. The van der Waals surface area contributed by atoms with Gasteiger partial charge in [0.15, 0.2) is 0 Å². The van der Waals surface area contributed by atoms with E-state index in [0.717, 1.165) is 25.7 Å². The standard InChI is InChI=1S/C19H29N3O4S.ClH/c20-14-18(15-4-2-1-3-5-15)21-27(24,25)17-8-6-16(7-9-17)19(23)22-10-12-26-13-11-22;/h6-9,15,18,21H,1-5,10-14,20H2;1H. The first-order chi connectivity index (χ1) is 13.0. The number of nitrogens with one attached hydrogen (secondary N) is 1. The quantitative estimate of drug-likeness (QED) is 0.714. The summed E-state index contributed by atoms with van der Waals surface area (Å²) < 4.78 is 33.5. The highest BCUT2D eigenvalue weighted by Crippen LogP contribution is 2.27. The van der Waals surface area contributed by atoms with Gasteiger partial charge in [-0.15, -0.1) is 12.4 Å². The molecule has 2 aliphatic rings. The first kappa shape index (κ1) is 23.1. The van der Waals surface area contributed by atoms with Crippen LogP contribution in [0.4, 0.5) is 0 Å². The molecule has 3 N–H and O–H groups in total. The summed E-state index contributed by atoms with van der Waals surface area (Å²) in [6.07, 6.45) is 5.48. The number of hydrogen-bond acceptors (Lipinski definition) is 5. The van der Waals surface area contributed by atoms with Gasteiger partial charge in [-0.25, -0.2) is 13.1 Å². The van der Waals surface area contributed by atoms with E-state index in [-0.39, 0.29) is 35.8 Å². The Morgan fingerprint density at radius 3 is 2.32 bits per heavy atom. The molecule has 1 aliphatic heterocycles. The fraction of sp³-hybridized carbons (Fsp3) is 0.632. The largest absolute Gasteiger partial charge is 0.378 e. The molecule has 1 saturated heterocycles. The topological polar surface area (TPSA) is 102 Å². The molecule has 3 rings (SSSR count). The van der Waals surface area contributed by atoms with Gasteiger partial charge in [-0.05, 0) is 43.0 Å². The van der Waals surface area contributed by atoms with Gasteiger partial charge in [0.1, 0.15) is 0 Å². The smallest absolute Gasteiger partial charge is 0.254 e. The maximum Gasteiger partial charge on any atom is 0.254 e. The van der Waals surface area contributed by atoms with Crippen molar-refractivity contribution in [2.24, 2.45) is 11.7 Å². The van der Waals surface area contributed by atoms with Crippen LogP contribution in [0.2, 0.25) is 0 Å². The van der Waals surface area contributed by atoms with Crippen LogP contribution in [-0.4, -0.2) is 58.1 Å². The number of benzene rings is 1. The Kier molecular flexibility index (Phi) is 8.70. The number of nitrogens with two attached hydrogens (primary N) is 1. The molecule has 1 saturated carbocycles. The van der Waals surface area contributed by atoms with Crippen LogP contribution in [-0.2, 0) is 14.8 Å².